The lowest BCUT2D eigenvalue weighted by molar-refractivity contribution is 0.252. The van der Waals surface area contributed by atoms with Crippen LogP contribution in [-0.4, -0.2) is 12.6 Å². The Morgan fingerprint density at radius 1 is 1.38 bits per heavy atom. The minimum absolute atomic E-state index is 0.109. The second-order valence-electron chi connectivity index (χ2n) is 3.29. The molecule has 0 saturated heterocycles. The molecule has 3 nitrogen and oxygen atoms in total. The molecule has 2 rings (SSSR count). The van der Waals surface area contributed by atoms with Crippen LogP contribution in [0.4, 0.5) is 10.5 Å². The Kier molecular flexibility index (Phi) is 1.93. The molecule has 68 valence electrons. The van der Waals surface area contributed by atoms with Gasteiger partial charge >= 0.3 is 6.03 Å². The van der Waals surface area contributed by atoms with Gasteiger partial charge in [-0.3, -0.25) is 0 Å². The van der Waals surface area contributed by atoms with Crippen molar-refractivity contribution in [3.05, 3.63) is 29.3 Å². The van der Waals surface area contributed by atoms with Gasteiger partial charge in [-0.05, 0) is 25.0 Å². The fraction of sp³-hybridized carbons (Fsp3) is 0.300. The summed E-state index contributed by atoms with van der Waals surface area (Å²) < 4.78 is 0. The summed E-state index contributed by atoms with van der Waals surface area (Å²) in [5, 5.41) is 5.56. The third kappa shape index (κ3) is 1.64. The molecule has 1 aromatic carbocycles. The van der Waals surface area contributed by atoms with E-state index in [0.29, 0.717) is 6.54 Å². The van der Waals surface area contributed by atoms with Gasteiger partial charge in [0, 0.05) is 12.2 Å². The van der Waals surface area contributed by atoms with Crippen molar-refractivity contribution in [2.45, 2.75) is 13.3 Å². The zero-order valence-electron chi connectivity index (χ0n) is 7.55. The number of hydrogen-bond donors (Lipinski definition) is 2. The van der Waals surface area contributed by atoms with Crippen LogP contribution in [0.3, 0.4) is 0 Å². The Bertz CT molecular complexity index is 347. The molecule has 0 unspecified atom stereocenters. The predicted octanol–water partition coefficient (Wildman–Crippen LogP) is 1.67. The first-order valence-electron chi connectivity index (χ1n) is 4.40. The lowest BCUT2D eigenvalue weighted by Crippen LogP contribution is -2.27. The van der Waals surface area contributed by atoms with Crippen LogP contribution in [-0.2, 0) is 6.42 Å². The largest absolute Gasteiger partial charge is 0.338 e. The molecule has 0 bridgehead atoms. The first-order valence-corrected chi connectivity index (χ1v) is 4.40. The molecule has 0 aromatic heterocycles. The van der Waals surface area contributed by atoms with E-state index in [1.165, 1.54) is 11.1 Å². The standard InChI is InChI=1S/C10H12N2O/c1-7-2-3-9-8(6-7)4-5-11-10(13)12-9/h2-3,6H,4-5H2,1H3,(H2,11,12,13). The van der Waals surface area contributed by atoms with Crippen LogP contribution < -0.4 is 10.6 Å². The summed E-state index contributed by atoms with van der Waals surface area (Å²) in [6, 6.07) is 5.96. The SMILES string of the molecule is Cc1ccc2c(c1)CCNC(=O)N2. The molecule has 0 aliphatic carbocycles. The molecule has 0 spiro atoms. The first-order chi connectivity index (χ1) is 6.25. The fourth-order valence-corrected chi connectivity index (χ4v) is 1.53. The van der Waals surface area contributed by atoms with Gasteiger partial charge in [-0.15, -0.1) is 0 Å². The van der Waals surface area contributed by atoms with Gasteiger partial charge in [-0.2, -0.15) is 0 Å². The molecular weight excluding hydrogens is 164 g/mol. The molecule has 13 heavy (non-hydrogen) atoms. The van der Waals surface area contributed by atoms with E-state index >= 15 is 0 Å². The fourth-order valence-electron chi connectivity index (χ4n) is 1.53. The summed E-state index contributed by atoms with van der Waals surface area (Å²) in [6.07, 6.45) is 0.899. The number of carbonyl (C=O) groups is 1. The number of anilines is 1. The molecule has 0 atom stereocenters. The van der Waals surface area contributed by atoms with Crippen molar-refractivity contribution < 1.29 is 4.79 Å². The van der Waals surface area contributed by atoms with Crippen LogP contribution in [0.2, 0.25) is 0 Å². The molecule has 0 fully saturated rings. The van der Waals surface area contributed by atoms with Gasteiger partial charge in [0.25, 0.3) is 0 Å². The smallest absolute Gasteiger partial charge is 0.319 e. The van der Waals surface area contributed by atoms with Crippen LogP contribution in [0.1, 0.15) is 11.1 Å². The van der Waals surface area contributed by atoms with Gasteiger partial charge in [0.05, 0.1) is 0 Å². The van der Waals surface area contributed by atoms with E-state index in [2.05, 4.69) is 23.6 Å². The van der Waals surface area contributed by atoms with E-state index < -0.39 is 0 Å². The number of benzene rings is 1. The lowest BCUT2D eigenvalue weighted by atomic mass is 10.1. The summed E-state index contributed by atoms with van der Waals surface area (Å²) in [5.74, 6) is 0. The maximum absolute atomic E-state index is 11.1. The van der Waals surface area contributed by atoms with Crippen molar-refractivity contribution in [1.82, 2.24) is 5.32 Å². The second-order valence-corrected chi connectivity index (χ2v) is 3.29. The van der Waals surface area contributed by atoms with Crippen molar-refractivity contribution in [3.63, 3.8) is 0 Å². The normalized spacial score (nSPS) is 15.3. The number of nitrogens with one attached hydrogen (secondary N) is 2. The molecule has 0 radical (unpaired) electrons. The number of carbonyl (C=O) groups excluding carboxylic acids is 1. The molecule has 3 heteroatoms. The van der Waals surface area contributed by atoms with Crippen molar-refractivity contribution in [2.24, 2.45) is 0 Å². The lowest BCUT2D eigenvalue weighted by Gasteiger charge is -2.05. The van der Waals surface area contributed by atoms with E-state index in [9.17, 15) is 4.79 Å². The molecule has 0 saturated carbocycles. The Morgan fingerprint density at radius 2 is 2.23 bits per heavy atom. The molecule has 1 aliphatic heterocycles. The highest BCUT2D eigenvalue weighted by Crippen LogP contribution is 2.19. The van der Waals surface area contributed by atoms with Crippen LogP contribution in [0, 0.1) is 6.92 Å². The van der Waals surface area contributed by atoms with Gasteiger partial charge in [-0.25, -0.2) is 4.79 Å². The molecule has 1 heterocycles. The summed E-state index contributed by atoms with van der Waals surface area (Å²) >= 11 is 0. The van der Waals surface area contributed by atoms with Crippen molar-refractivity contribution in [2.75, 3.05) is 11.9 Å². The quantitative estimate of drug-likeness (QED) is 0.620. The topological polar surface area (TPSA) is 41.1 Å². The average Bonchev–Trinajstić information content (AvgIpc) is 2.25. The first kappa shape index (κ1) is 8.10. The predicted molar refractivity (Wildman–Crippen MR) is 51.9 cm³/mol. The van der Waals surface area contributed by atoms with Gasteiger partial charge in [0.15, 0.2) is 0 Å². The Balaban J connectivity index is 2.40. The minimum Gasteiger partial charge on any atom is -0.338 e. The molecule has 1 aromatic rings. The van der Waals surface area contributed by atoms with Crippen LogP contribution in [0.15, 0.2) is 18.2 Å². The molecule has 2 amide bonds. The van der Waals surface area contributed by atoms with Crippen LogP contribution in [0.5, 0.6) is 0 Å². The highest BCUT2D eigenvalue weighted by atomic mass is 16.2. The zero-order valence-corrected chi connectivity index (χ0v) is 7.55. The summed E-state index contributed by atoms with van der Waals surface area (Å²) in [4.78, 5) is 11.1. The summed E-state index contributed by atoms with van der Waals surface area (Å²) in [5.41, 5.74) is 3.37. The van der Waals surface area contributed by atoms with Crippen molar-refractivity contribution >= 4 is 11.7 Å². The van der Waals surface area contributed by atoms with Crippen LogP contribution >= 0.6 is 0 Å². The van der Waals surface area contributed by atoms with Gasteiger partial charge in [-0.1, -0.05) is 17.7 Å². The van der Waals surface area contributed by atoms with E-state index in [4.69, 9.17) is 0 Å². The van der Waals surface area contributed by atoms with Crippen molar-refractivity contribution in [3.8, 4) is 0 Å². The number of hydrogen-bond acceptors (Lipinski definition) is 1. The Labute approximate surface area is 77.1 Å². The maximum Gasteiger partial charge on any atom is 0.319 e. The number of fused-ring (bicyclic) bond motifs is 1. The highest BCUT2D eigenvalue weighted by Gasteiger charge is 2.10. The number of aryl methyl sites for hydroxylation is 1. The number of urea groups is 1. The minimum atomic E-state index is -0.109. The van der Waals surface area contributed by atoms with Crippen LogP contribution in [0.25, 0.3) is 0 Å². The average molecular weight is 176 g/mol. The van der Waals surface area contributed by atoms with Gasteiger partial charge in [0.1, 0.15) is 0 Å². The number of rotatable bonds is 0. The molecular formula is C10H12N2O. The third-order valence-electron chi connectivity index (χ3n) is 2.19. The van der Waals surface area contributed by atoms with E-state index in [1.54, 1.807) is 0 Å². The van der Waals surface area contributed by atoms with Crippen molar-refractivity contribution in [1.29, 1.82) is 0 Å². The Hall–Kier alpha value is -1.51. The highest BCUT2D eigenvalue weighted by molar-refractivity contribution is 5.90. The zero-order chi connectivity index (χ0) is 9.26. The number of amides is 2. The second kappa shape index (κ2) is 3.09. The monoisotopic (exact) mass is 176 g/mol. The summed E-state index contributed by atoms with van der Waals surface area (Å²) in [7, 11) is 0. The molecule has 2 N–H and O–H groups in total. The van der Waals surface area contributed by atoms with E-state index in [-0.39, 0.29) is 6.03 Å². The summed E-state index contributed by atoms with van der Waals surface area (Å²) in [6.45, 7) is 2.77. The van der Waals surface area contributed by atoms with E-state index in [0.717, 1.165) is 12.1 Å². The third-order valence-corrected chi connectivity index (χ3v) is 2.19. The Morgan fingerprint density at radius 3 is 3.08 bits per heavy atom. The van der Waals surface area contributed by atoms with E-state index in [1.807, 2.05) is 12.1 Å². The molecule has 1 aliphatic rings. The van der Waals surface area contributed by atoms with Gasteiger partial charge in [0.2, 0.25) is 0 Å². The van der Waals surface area contributed by atoms with Gasteiger partial charge < -0.3 is 10.6 Å². The maximum atomic E-state index is 11.1.